The number of aromatic nitrogens is 2. The molecule has 0 fully saturated rings. The molecule has 0 aromatic carbocycles. The van der Waals surface area contributed by atoms with Crippen molar-refractivity contribution in [1.29, 1.82) is 0 Å². The molecule has 0 radical (unpaired) electrons. The molecular weight excluding hydrogens is 166 g/mol. The number of aryl methyl sites for hydroxylation is 1. The molecule has 0 bridgehead atoms. The molecule has 1 aromatic rings. The van der Waals surface area contributed by atoms with Crippen LogP contribution >= 0.6 is 0 Å². The first-order valence-electron chi connectivity index (χ1n) is 4.22. The lowest BCUT2D eigenvalue weighted by molar-refractivity contribution is 0.168. The van der Waals surface area contributed by atoms with Gasteiger partial charge in [-0.05, 0) is 14.0 Å². The van der Waals surface area contributed by atoms with Crippen LogP contribution in [-0.4, -0.2) is 30.7 Å². The van der Waals surface area contributed by atoms with Crippen molar-refractivity contribution < 1.29 is 4.74 Å². The van der Waals surface area contributed by atoms with Gasteiger partial charge in [-0.25, -0.2) is 0 Å². The Kier molecular flexibility index (Phi) is 3.79. The summed E-state index contributed by atoms with van der Waals surface area (Å²) in [5, 5.41) is 3.11. The maximum absolute atomic E-state index is 5.05. The number of likely N-dealkylation sites (N-methyl/N-ethyl adjacent to an activating group) is 1. The normalized spacial score (nSPS) is 12.8. The minimum atomic E-state index is 0.123. The maximum atomic E-state index is 5.05. The maximum Gasteiger partial charge on any atom is 0.0779 e. The first kappa shape index (κ1) is 10.1. The Labute approximate surface area is 78.4 Å². The smallest absolute Gasteiger partial charge is 0.0779 e. The molecular formula is C9H15N3O. The monoisotopic (exact) mass is 181 g/mol. The third-order valence-electron chi connectivity index (χ3n) is 1.84. The first-order valence-corrected chi connectivity index (χ1v) is 4.22. The molecule has 0 aliphatic heterocycles. The summed E-state index contributed by atoms with van der Waals surface area (Å²) in [6, 6.07) is 0.123. The Morgan fingerprint density at radius 1 is 1.46 bits per heavy atom. The van der Waals surface area contributed by atoms with E-state index in [0.29, 0.717) is 6.61 Å². The number of ether oxygens (including phenoxy) is 1. The molecule has 0 aliphatic rings. The lowest BCUT2D eigenvalue weighted by Crippen LogP contribution is -2.22. The molecule has 0 aliphatic carbocycles. The Balaban J connectivity index is 2.73. The van der Waals surface area contributed by atoms with E-state index in [1.807, 2.05) is 14.0 Å². The molecule has 1 aromatic heterocycles. The molecule has 4 heteroatoms. The summed E-state index contributed by atoms with van der Waals surface area (Å²) in [6.07, 6.45) is 3.53. The van der Waals surface area contributed by atoms with Crippen molar-refractivity contribution in [2.24, 2.45) is 0 Å². The van der Waals surface area contributed by atoms with E-state index in [9.17, 15) is 0 Å². The van der Waals surface area contributed by atoms with Gasteiger partial charge in [0.05, 0.1) is 30.2 Å². The lowest BCUT2D eigenvalue weighted by Gasteiger charge is -2.13. The highest BCUT2D eigenvalue weighted by Gasteiger charge is 2.09. The summed E-state index contributed by atoms with van der Waals surface area (Å²) in [5.74, 6) is 0. The fraction of sp³-hybridized carbons (Fsp3) is 0.556. The molecule has 13 heavy (non-hydrogen) atoms. The molecule has 1 unspecified atom stereocenters. The van der Waals surface area contributed by atoms with Gasteiger partial charge in [-0.2, -0.15) is 0 Å². The zero-order chi connectivity index (χ0) is 9.68. The molecule has 0 saturated heterocycles. The second kappa shape index (κ2) is 4.89. The van der Waals surface area contributed by atoms with Crippen LogP contribution in [0.5, 0.6) is 0 Å². The molecule has 1 atom stereocenters. The molecule has 1 heterocycles. The van der Waals surface area contributed by atoms with Crippen LogP contribution in [-0.2, 0) is 4.74 Å². The van der Waals surface area contributed by atoms with Crippen LogP contribution in [0.2, 0.25) is 0 Å². The second-order valence-corrected chi connectivity index (χ2v) is 2.88. The zero-order valence-electron chi connectivity index (χ0n) is 8.24. The molecule has 0 spiro atoms. The molecule has 1 N–H and O–H groups in total. The number of nitrogens with one attached hydrogen (secondary N) is 1. The van der Waals surface area contributed by atoms with Gasteiger partial charge in [0.25, 0.3) is 0 Å². The Morgan fingerprint density at radius 3 is 2.69 bits per heavy atom. The Morgan fingerprint density at radius 2 is 2.23 bits per heavy atom. The van der Waals surface area contributed by atoms with Crippen LogP contribution in [0.15, 0.2) is 12.4 Å². The quantitative estimate of drug-likeness (QED) is 0.742. The summed E-state index contributed by atoms with van der Waals surface area (Å²) < 4.78 is 5.05. The topological polar surface area (TPSA) is 47.0 Å². The molecule has 72 valence electrons. The minimum Gasteiger partial charge on any atom is -0.383 e. The number of hydrogen-bond acceptors (Lipinski definition) is 4. The van der Waals surface area contributed by atoms with Gasteiger partial charge in [-0.3, -0.25) is 9.97 Å². The van der Waals surface area contributed by atoms with E-state index in [1.54, 1.807) is 19.5 Å². The minimum absolute atomic E-state index is 0.123. The van der Waals surface area contributed by atoms with E-state index >= 15 is 0 Å². The van der Waals surface area contributed by atoms with Crippen molar-refractivity contribution in [3.8, 4) is 0 Å². The van der Waals surface area contributed by atoms with Gasteiger partial charge in [0.2, 0.25) is 0 Å². The van der Waals surface area contributed by atoms with Crippen LogP contribution < -0.4 is 5.32 Å². The second-order valence-electron chi connectivity index (χ2n) is 2.88. The Hall–Kier alpha value is -1.00. The number of nitrogens with zero attached hydrogens (tertiary/aromatic N) is 2. The van der Waals surface area contributed by atoms with E-state index in [-0.39, 0.29) is 6.04 Å². The van der Waals surface area contributed by atoms with Crippen molar-refractivity contribution in [3.05, 3.63) is 23.8 Å². The van der Waals surface area contributed by atoms with Crippen LogP contribution in [0.1, 0.15) is 17.4 Å². The summed E-state index contributed by atoms with van der Waals surface area (Å²) in [6.45, 7) is 2.52. The summed E-state index contributed by atoms with van der Waals surface area (Å²) in [4.78, 5) is 8.44. The van der Waals surface area contributed by atoms with Gasteiger partial charge in [0.15, 0.2) is 0 Å². The van der Waals surface area contributed by atoms with Gasteiger partial charge in [0, 0.05) is 13.3 Å². The van der Waals surface area contributed by atoms with Gasteiger partial charge in [-0.1, -0.05) is 0 Å². The zero-order valence-corrected chi connectivity index (χ0v) is 8.24. The van der Waals surface area contributed by atoms with Crippen molar-refractivity contribution in [2.75, 3.05) is 20.8 Å². The summed E-state index contributed by atoms with van der Waals surface area (Å²) in [5.41, 5.74) is 1.84. The van der Waals surface area contributed by atoms with Crippen molar-refractivity contribution in [1.82, 2.24) is 15.3 Å². The van der Waals surface area contributed by atoms with Crippen molar-refractivity contribution in [3.63, 3.8) is 0 Å². The largest absolute Gasteiger partial charge is 0.383 e. The SMILES string of the molecule is CNC(COC)c1cnc(C)cn1. The number of rotatable bonds is 4. The van der Waals surface area contributed by atoms with Crippen LogP contribution in [0.3, 0.4) is 0 Å². The van der Waals surface area contributed by atoms with Crippen molar-refractivity contribution in [2.45, 2.75) is 13.0 Å². The van der Waals surface area contributed by atoms with E-state index in [0.717, 1.165) is 11.4 Å². The van der Waals surface area contributed by atoms with E-state index < -0.39 is 0 Å². The third kappa shape index (κ3) is 2.75. The molecule has 1 rings (SSSR count). The third-order valence-corrected chi connectivity index (χ3v) is 1.84. The van der Waals surface area contributed by atoms with Crippen molar-refractivity contribution >= 4 is 0 Å². The Bertz CT molecular complexity index is 248. The highest BCUT2D eigenvalue weighted by molar-refractivity contribution is 5.05. The summed E-state index contributed by atoms with van der Waals surface area (Å²) in [7, 11) is 3.55. The van der Waals surface area contributed by atoms with Gasteiger partial charge in [0.1, 0.15) is 0 Å². The fourth-order valence-corrected chi connectivity index (χ4v) is 1.07. The highest BCUT2D eigenvalue weighted by Crippen LogP contribution is 2.07. The van der Waals surface area contributed by atoms with E-state index in [1.165, 1.54) is 0 Å². The van der Waals surface area contributed by atoms with Crippen LogP contribution in [0.4, 0.5) is 0 Å². The van der Waals surface area contributed by atoms with Gasteiger partial charge in [-0.15, -0.1) is 0 Å². The molecule has 0 saturated carbocycles. The van der Waals surface area contributed by atoms with Crippen LogP contribution in [0, 0.1) is 6.92 Å². The average molecular weight is 181 g/mol. The molecule has 4 nitrogen and oxygen atoms in total. The van der Waals surface area contributed by atoms with Gasteiger partial charge < -0.3 is 10.1 Å². The van der Waals surface area contributed by atoms with Crippen LogP contribution in [0.25, 0.3) is 0 Å². The first-order chi connectivity index (χ1) is 6.27. The van der Waals surface area contributed by atoms with E-state index in [2.05, 4.69) is 15.3 Å². The summed E-state index contributed by atoms with van der Waals surface area (Å²) >= 11 is 0. The highest BCUT2D eigenvalue weighted by atomic mass is 16.5. The lowest BCUT2D eigenvalue weighted by atomic mass is 10.2. The standard InChI is InChI=1S/C9H15N3O/c1-7-4-12-8(5-11-7)9(10-2)6-13-3/h4-5,9-10H,6H2,1-3H3. The predicted molar refractivity (Wildman–Crippen MR) is 50.4 cm³/mol. The van der Waals surface area contributed by atoms with E-state index in [4.69, 9.17) is 4.74 Å². The number of hydrogen-bond donors (Lipinski definition) is 1. The number of methoxy groups -OCH3 is 1. The van der Waals surface area contributed by atoms with Gasteiger partial charge >= 0.3 is 0 Å². The fourth-order valence-electron chi connectivity index (χ4n) is 1.07. The molecule has 0 amide bonds. The predicted octanol–water partition coefficient (Wildman–Crippen LogP) is 0.692. The average Bonchev–Trinajstić information content (AvgIpc) is 2.16.